The molecule has 1 fully saturated rings. The van der Waals surface area contributed by atoms with E-state index in [9.17, 15) is 4.79 Å². The van der Waals surface area contributed by atoms with Crippen LogP contribution in [0.3, 0.4) is 0 Å². The van der Waals surface area contributed by atoms with Crippen LogP contribution < -0.4 is 14.8 Å². The van der Waals surface area contributed by atoms with E-state index in [1.165, 1.54) is 6.26 Å². The van der Waals surface area contributed by atoms with E-state index in [2.05, 4.69) is 17.1 Å². The summed E-state index contributed by atoms with van der Waals surface area (Å²) in [5.74, 6) is 2.85. The number of ether oxygens (including phenoxy) is 2. The molecule has 1 N–H and O–H groups in total. The van der Waals surface area contributed by atoms with Gasteiger partial charge in [0.25, 0.3) is 5.91 Å². The van der Waals surface area contributed by atoms with Gasteiger partial charge in [-0.05, 0) is 43.3 Å². The number of methoxy groups -OCH3 is 1. The smallest absolute Gasteiger partial charge is 0.289 e. The van der Waals surface area contributed by atoms with Gasteiger partial charge in [0.15, 0.2) is 11.7 Å². The highest BCUT2D eigenvalue weighted by atomic mass is 16.5. The predicted molar refractivity (Wildman–Crippen MR) is 115 cm³/mol. The number of aliphatic imine (C=N–C) groups is 1. The highest BCUT2D eigenvalue weighted by Crippen LogP contribution is 2.17. The largest absolute Gasteiger partial charge is 0.497 e. The topological polar surface area (TPSA) is 79.5 Å². The fraction of sp³-hybridized carbons (Fsp3) is 0.455. The lowest BCUT2D eigenvalue weighted by Crippen LogP contribution is -2.53. The first-order valence-corrected chi connectivity index (χ1v) is 10.3. The van der Waals surface area contributed by atoms with E-state index in [1.807, 2.05) is 29.2 Å². The zero-order valence-electron chi connectivity index (χ0n) is 17.7. The lowest BCUT2D eigenvalue weighted by molar-refractivity contribution is 0.0657. The number of nitrogens with zero attached hydrogens (tertiary/aromatic N) is 3. The number of hydrogen-bond donors (Lipinski definition) is 1. The van der Waals surface area contributed by atoms with Crippen LogP contribution in [0.25, 0.3) is 0 Å². The molecule has 1 aliphatic heterocycles. The number of piperazine rings is 1. The number of carbonyl (C=O) groups is 1. The molecule has 1 aromatic carbocycles. The maximum atomic E-state index is 12.4. The minimum Gasteiger partial charge on any atom is -0.497 e. The van der Waals surface area contributed by atoms with Crippen LogP contribution >= 0.6 is 0 Å². The highest BCUT2D eigenvalue weighted by molar-refractivity contribution is 5.91. The normalized spacial score (nSPS) is 14.5. The Morgan fingerprint density at radius 3 is 2.43 bits per heavy atom. The summed E-state index contributed by atoms with van der Waals surface area (Å²) in [6.45, 7) is 6.88. The Hall–Kier alpha value is -3.16. The first-order chi connectivity index (χ1) is 14.7. The standard InChI is InChI=1S/C22H30N4O4/c1-3-23-22(24-11-5-17-29-19-9-7-18(28-2)8-10-19)26-14-12-25(13-15-26)21(27)20-6-4-16-30-20/h4,6-10,16H,3,5,11-15,17H2,1-2H3,(H,23,24). The van der Waals surface area contributed by atoms with Gasteiger partial charge in [-0.25, -0.2) is 0 Å². The van der Waals surface area contributed by atoms with E-state index in [1.54, 1.807) is 19.2 Å². The van der Waals surface area contributed by atoms with Gasteiger partial charge >= 0.3 is 0 Å². The van der Waals surface area contributed by atoms with E-state index < -0.39 is 0 Å². The van der Waals surface area contributed by atoms with Crippen molar-refractivity contribution in [3.63, 3.8) is 0 Å². The van der Waals surface area contributed by atoms with Gasteiger partial charge in [0, 0.05) is 45.7 Å². The van der Waals surface area contributed by atoms with Gasteiger partial charge in [-0.2, -0.15) is 0 Å². The van der Waals surface area contributed by atoms with Crippen LogP contribution in [0, 0.1) is 0 Å². The van der Waals surface area contributed by atoms with E-state index in [-0.39, 0.29) is 5.91 Å². The average Bonchev–Trinajstić information content (AvgIpc) is 3.33. The van der Waals surface area contributed by atoms with Crippen LogP contribution in [0.4, 0.5) is 0 Å². The molecule has 30 heavy (non-hydrogen) atoms. The molecule has 8 nitrogen and oxygen atoms in total. The minimum absolute atomic E-state index is 0.0581. The van der Waals surface area contributed by atoms with Crippen LogP contribution in [0.5, 0.6) is 11.5 Å². The van der Waals surface area contributed by atoms with Gasteiger partial charge in [-0.1, -0.05) is 0 Å². The van der Waals surface area contributed by atoms with Crippen molar-refractivity contribution in [2.45, 2.75) is 13.3 Å². The molecule has 0 unspecified atom stereocenters. The zero-order chi connectivity index (χ0) is 21.2. The quantitative estimate of drug-likeness (QED) is 0.406. The number of carbonyl (C=O) groups excluding carboxylic acids is 1. The molecule has 0 radical (unpaired) electrons. The fourth-order valence-corrected chi connectivity index (χ4v) is 3.21. The van der Waals surface area contributed by atoms with Crippen LogP contribution in [0.2, 0.25) is 0 Å². The van der Waals surface area contributed by atoms with Crippen LogP contribution in [-0.2, 0) is 0 Å². The molecule has 0 spiro atoms. The second-order valence-electron chi connectivity index (χ2n) is 6.87. The first-order valence-electron chi connectivity index (χ1n) is 10.3. The average molecular weight is 415 g/mol. The molecule has 0 atom stereocenters. The second kappa shape index (κ2) is 11.1. The third kappa shape index (κ3) is 5.92. The Labute approximate surface area is 177 Å². The Balaban J connectivity index is 1.43. The van der Waals surface area contributed by atoms with Crippen molar-refractivity contribution in [2.75, 3.05) is 53.0 Å². The fourth-order valence-electron chi connectivity index (χ4n) is 3.21. The van der Waals surface area contributed by atoms with E-state index in [0.717, 1.165) is 43.5 Å². The van der Waals surface area contributed by atoms with Crippen molar-refractivity contribution in [2.24, 2.45) is 4.99 Å². The Bertz CT molecular complexity index is 797. The van der Waals surface area contributed by atoms with Gasteiger partial charge in [0.05, 0.1) is 20.0 Å². The number of furan rings is 1. The number of amides is 1. The molecule has 0 saturated carbocycles. The summed E-state index contributed by atoms with van der Waals surface area (Å²) in [5, 5.41) is 3.34. The van der Waals surface area contributed by atoms with Crippen LogP contribution in [-0.4, -0.2) is 74.7 Å². The molecular weight excluding hydrogens is 384 g/mol. The van der Waals surface area contributed by atoms with Crippen molar-refractivity contribution >= 4 is 11.9 Å². The lowest BCUT2D eigenvalue weighted by atomic mass is 10.3. The third-order valence-corrected chi connectivity index (χ3v) is 4.83. The molecule has 0 bridgehead atoms. The molecule has 162 valence electrons. The summed E-state index contributed by atoms with van der Waals surface area (Å²) in [6, 6.07) is 11.0. The predicted octanol–water partition coefficient (Wildman–Crippen LogP) is 2.48. The minimum atomic E-state index is -0.0581. The summed E-state index contributed by atoms with van der Waals surface area (Å²) in [4.78, 5) is 21.1. The molecule has 8 heteroatoms. The summed E-state index contributed by atoms with van der Waals surface area (Å²) in [6.07, 6.45) is 2.34. The molecule has 1 aromatic heterocycles. The van der Waals surface area contributed by atoms with Gasteiger partial charge in [-0.3, -0.25) is 9.79 Å². The lowest BCUT2D eigenvalue weighted by Gasteiger charge is -2.36. The summed E-state index contributed by atoms with van der Waals surface area (Å²) < 4.78 is 16.1. The molecule has 1 amide bonds. The van der Waals surface area contributed by atoms with Crippen molar-refractivity contribution in [3.05, 3.63) is 48.4 Å². The molecule has 2 aromatic rings. The van der Waals surface area contributed by atoms with E-state index in [4.69, 9.17) is 18.9 Å². The summed E-state index contributed by atoms with van der Waals surface area (Å²) in [5.41, 5.74) is 0. The maximum absolute atomic E-state index is 12.4. The first kappa shape index (κ1) is 21.5. The van der Waals surface area contributed by atoms with Gasteiger partial charge < -0.3 is 29.0 Å². The molecule has 1 aliphatic rings. The van der Waals surface area contributed by atoms with Gasteiger partial charge in [0.2, 0.25) is 0 Å². The number of guanidine groups is 1. The second-order valence-corrected chi connectivity index (χ2v) is 6.87. The number of rotatable bonds is 8. The van der Waals surface area contributed by atoms with Gasteiger partial charge in [-0.15, -0.1) is 0 Å². The monoisotopic (exact) mass is 414 g/mol. The van der Waals surface area contributed by atoms with E-state index in [0.29, 0.717) is 32.0 Å². The van der Waals surface area contributed by atoms with Crippen molar-refractivity contribution in [1.29, 1.82) is 0 Å². The van der Waals surface area contributed by atoms with E-state index >= 15 is 0 Å². The maximum Gasteiger partial charge on any atom is 0.289 e. The highest BCUT2D eigenvalue weighted by Gasteiger charge is 2.25. The molecule has 1 saturated heterocycles. The SMILES string of the molecule is CCNC(=NCCCOc1ccc(OC)cc1)N1CCN(C(=O)c2ccco2)CC1. The van der Waals surface area contributed by atoms with Crippen LogP contribution in [0.1, 0.15) is 23.9 Å². The Morgan fingerprint density at radius 2 is 1.80 bits per heavy atom. The number of benzene rings is 1. The number of hydrogen-bond acceptors (Lipinski definition) is 5. The van der Waals surface area contributed by atoms with Crippen LogP contribution in [0.15, 0.2) is 52.1 Å². The van der Waals surface area contributed by atoms with Crippen molar-refractivity contribution in [1.82, 2.24) is 15.1 Å². The Kier molecular flexibility index (Phi) is 8.00. The van der Waals surface area contributed by atoms with Crippen molar-refractivity contribution < 1.29 is 18.7 Å². The number of nitrogens with one attached hydrogen (secondary N) is 1. The summed E-state index contributed by atoms with van der Waals surface area (Å²) in [7, 11) is 1.65. The third-order valence-electron chi connectivity index (χ3n) is 4.83. The molecule has 0 aliphatic carbocycles. The molecular formula is C22H30N4O4. The zero-order valence-corrected chi connectivity index (χ0v) is 17.7. The van der Waals surface area contributed by atoms with Crippen molar-refractivity contribution in [3.8, 4) is 11.5 Å². The molecule has 3 rings (SSSR count). The molecule has 2 heterocycles. The van der Waals surface area contributed by atoms with Gasteiger partial charge in [0.1, 0.15) is 11.5 Å². The summed E-state index contributed by atoms with van der Waals surface area (Å²) >= 11 is 0. The Morgan fingerprint density at radius 1 is 1.10 bits per heavy atom.